The maximum atomic E-state index is 12.9. The molecule has 1 aliphatic heterocycles. The summed E-state index contributed by atoms with van der Waals surface area (Å²) in [4.78, 5) is 24.5. The Hall–Kier alpha value is -1.76. The van der Waals surface area contributed by atoms with Crippen LogP contribution in [0.15, 0.2) is 18.2 Å². The Kier molecular flexibility index (Phi) is 4.41. The Labute approximate surface area is 123 Å². The lowest BCUT2D eigenvalue weighted by Crippen LogP contribution is -2.34. The second-order valence-corrected chi connectivity index (χ2v) is 5.09. The normalized spacial score (nSPS) is 15.4. The summed E-state index contributed by atoms with van der Waals surface area (Å²) in [5.41, 5.74) is -1.39. The van der Waals surface area contributed by atoms with Gasteiger partial charge in [-0.1, -0.05) is 11.6 Å². The van der Waals surface area contributed by atoms with E-state index < -0.39 is 17.6 Å². The molecular weight excluding hydrogens is 309 g/mol. The number of alkyl halides is 3. The molecule has 1 fully saturated rings. The number of nitrogens with one attached hydrogen (secondary N) is 1. The Morgan fingerprint density at radius 2 is 2.10 bits per heavy atom. The number of amides is 2. The molecule has 0 aromatic heterocycles. The smallest absolute Gasteiger partial charge is 0.333 e. The standard InChI is InChI=1S/C13H12ClF3N2O2/c14-8-3-4-10(9(6-8)13(15,16)17)18-11(20)7-19-5-1-2-12(19)21/h3-4,6H,1-2,5,7H2,(H,18,20). The summed E-state index contributed by atoms with van der Waals surface area (Å²) >= 11 is 5.55. The van der Waals surface area contributed by atoms with Gasteiger partial charge in [-0.05, 0) is 24.6 Å². The lowest BCUT2D eigenvalue weighted by atomic mass is 10.1. The van der Waals surface area contributed by atoms with Gasteiger partial charge >= 0.3 is 6.18 Å². The van der Waals surface area contributed by atoms with Gasteiger partial charge in [-0.15, -0.1) is 0 Å². The number of benzene rings is 1. The summed E-state index contributed by atoms with van der Waals surface area (Å²) in [7, 11) is 0. The van der Waals surface area contributed by atoms with E-state index in [2.05, 4.69) is 5.32 Å². The summed E-state index contributed by atoms with van der Waals surface area (Å²) in [5.74, 6) is -0.838. The topological polar surface area (TPSA) is 49.4 Å². The van der Waals surface area contributed by atoms with Crippen LogP contribution in [0.4, 0.5) is 18.9 Å². The highest BCUT2D eigenvalue weighted by Gasteiger charge is 2.34. The minimum absolute atomic E-state index is 0.0740. The minimum Gasteiger partial charge on any atom is -0.333 e. The van der Waals surface area contributed by atoms with Crippen molar-refractivity contribution >= 4 is 29.1 Å². The molecule has 1 aliphatic rings. The molecule has 21 heavy (non-hydrogen) atoms. The third kappa shape index (κ3) is 3.87. The van der Waals surface area contributed by atoms with Gasteiger partial charge in [0.1, 0.15) is 0 Å². The van der Waals surface area contributed by atoms with Gasteiger partial charge in [-0.3, -0.25) is 9.59 Å². The maximum absolute atomic E-state index is 12.9. The number of hydrogen-bond donors (Lipinski definition) is 1. The lowest BCUT2D eigenvalue weighted by Gasteiger charge is -2.17. The number of anilines is 1. The van der Waals surface area contributed by atoms with Crippen molar-refractivity contribution in [1.29, 1.82) is 0 Å². The molecule has 0 unspecified atom stereocenters. The number of rotatable bonds is 3. The first-order chi connectivity index (χ1) is 9.77. The second kappa shape index (κ2) is 5.93. The predicted octanol–water partition coefficient (Wildman–Crippen LogP) is 2.92. The number of carbonyl (C=O) groups excluding carboxylic acids is 2. The minimum atomic E-state index is -4.63. The van der Waals surface area contributed by atoms with Gasteiger partial charge in [0.2, 0.25) is 11.8 Å². The highest BCUT2D eigenvalue weighted by molar-refractivity contribution is 6.30. The summed E-state index contributed by atoms with van der Waals surface area (Å²) in [6.45, 7) is 0.192. The Morgan fingerprint density at radius 3 is 2.67 bits per heavy atom. The van der Waals surface area contributed by atoms with Crippen molar-refractivity contribution in [3.63, 3.8) is 0 Å². The molecule has 0 aliphatic carbocycles. The molecule has 114 valence electrons. The Morgan fingerprint density at radius 1 is 1.38 bits per heavy atom. The summed E-state index contributed by atoms with van der Waals surface area (Å²) < 4.78 is 38.6. The predicted molar refractivity (Wildman–Crippen MR) is 70.9 cm³/mol. The third-order valence-corrected chi connectivity index (χ3v) is 3.30. The first kappa shape index (κ1) is 15.6. The van der Waals surface area contributed by atoms with Crippen molar-refractivity contribution in [3.8, 4) is 0 Å². The van der Waals surface area contributed by atoms with Gasteiger partial charge in [0, 0.05) is 18.0 Å². The van der Waals surface area contributed by atoms with Crippen molar-refractivity contribution < 1.29 is 22.8 Å². The number of likely N-dealkylation sites (tertiary alicyclic amines) is 1. The Balaban J connectivity index is 2.12. The number of hydrogen-bond acceptors (Lipinski definition) is 2. The largest absolute Gasteiger partial charge is 0.418 e. The number of nitrogens with zero attached hydrogens (tertiary/aromatic N) is 1. The van der Waals surface area contributed by atoms with E-state index >= 15 is 0 Å². The molecule has 0 atom stereocenters. The van der Waals surface area contributed by atoms with Gasteiger partial charge in [-0.2, -0.15) is 13.2 Å². The van der Waals surface area contributed by atoms with Gasteiger partial charge < -0.3 is 10.2 Å². The Bertz CT molecular complexity index is 575. The van der Waals surface area contributed by atoms with Crippen molar-refractivity contribution in [2.24, 2.45) is 0 Å². The molecular formula is C13H12ClF3N2O2. The number of carbonyl (C=O) groups is 2. The molecule has 0 saturated carbocycles. The molecule has 1 N–H and O–H groups in total. The fourth-order valence-electron chi connectivity index (χ4n) is 2.09. The van der Waals surface area contributed by atoms with Gasteiger partial charge in [-0.25, -0.2) is 0 Å². The van der Waals surface area contributed by atoms with Crippen LogP contribution in [-0.2, 0) is 15.8 Å². The zero-order chi connectivity index (χ0) is 15.6. The fourth-order valence-corrected chi connectivity index (χ4v) is 2.27. The van der Waals surface area contributed by atoms with Crippen LogP contribution in [0, 0.1) is 0 Å². The first-order valence-corrected chi connectivity index (χ1v) is 6.59. The molecule has 0 spiro atoms. The molecule has 1 aromatic carbocycles. The zero-order valence-electron chi connectivity index (χ0n) is 10.8. The van der Waals surface area contributed by atoms with Crippen molar-refractivity contribution in [2.45, 2.75) is 19.0 Å². The molecule has 2 rings (SSSR count). The molecule has 8 heteroatoms. The van der Waals surface area contributed by atoms with Crippen LogP contribution in [-0.4, -0.2) is 29.8 Å². The molecule has 1 aromatic rings. The number of halogens is 4. The first-order valence-electron chi connectivity index (χ1n) is 6.22. The van der Waals surface area contributed by atoms with Crippen LogP contribution in [0.25, 0.3) is 0 Å². The van der Waals surface area contributed by atoms with Crippen LogP contribution in [0.2, 0.25) is 5.02 Å². The van der Waals surface area contributed by atoms with Crippen LogP contribution >= 0.6 is 11.6 Å². The highest BCUT2D eigenvalue weighted by atomic mass is 35.5. The van der Waals surface area contributed by atoms with E-state index in [1.54, 1.807) is 0 Å². The molecule has 1 saturated heterocycles. The second-order valence-electron chi connectivity index (χ2n) is 4.65. The van der Waals surface area contributed by atoms with Gasteiger partial charge in [0.25, 0.3) is 0 Å². The van der Waals surface area contributed by atoms with Crippen molar-refractivity contribution in [2.75, 3.05) is 18.4 Å². The van der Waals surface area contributed by atoms with E-state index in [1.165, 1.54) is 11.0 Å². The van der Waals surface area contributed by atoms with Crippen LogP contribution in [0.5, 0.6) is 0 Å². The SMILES string of the molecule is O=C(CN1CCCC1=O)Nc1ccc(Cl)cc1C(F)(F)F. The molecule has 1 heterocycles. The average molecular weight is 321 g/mol. The molecule has 4 nitrogen and oxygen atoms in total. The molecule has 0 bridgehead atoms. The monoisotopic (exact) mass is 320 g/mol. The maximum Gasteiger partial charge on any atom is 0.418 e. The summed E-state index contributed by atoms with van der Waals surface area (Å²) in [6.07, 6.45) is -3.61. The lowest BCUT2D eigenvalue weighted by molar-refractivity contribution is -0.137. The molecule has 0 radical (unpaired) electrons. The average Bonchev–Trinajstić information content (AvgIpc) is 2.76. The fraction of sp³-hybridized carbons (Fsp3) is 0.385. The van der Waals surface area contributed by atoms with Crippen molar-refractivity contribution in [1.82, 2.24) is 4.90 Å². The zero-order valence-corrected chi connectivity index (χ0v) is 11.6. The van der Waals surface area contributed by atoms with Gasteiger partial charge in [0.15, 0.2) is 0 Å². The third-order valence-electron chi connectivity index (χ3n) is 3.07. The van der Waals surface area contributed by atoms with E-state index in [4.69, 9.17) is 11.6 Å². The van der Waals surface area contributed by atoms with E-state index in [1.807, 2.05) is 0 Å². The summed E-state index contributed by atoms with van der Waals surface area (Å²) in [5, 5.41) is 2.11. The van der Waals surface area contributed by atoms with E-state index in [0.717, 1.165) is 12.1 Å². The molecule has 2 amide bonds. The van der Waals surface area contributed by atoms with E-state index in [-0.39, 0.29) is 23.2 Å². The highest BCUT2D eigenvalue weighted by Crippen LogP contribution is 2.36. The van der Waals surface area contributed by atoms with Crippen LogP contribution < -0.4 is 5.32 Å². The van der Waals surface area contributed by atoms with Crippen LogP contribution in [0.3, 0.4) is 0 Å². The quantitative estimate of drug-likeness (QED) is 0.931. The summed E-state index contributed by atoms with van der Waals surface area (Å²) in [6, 6.07) is 3.10. The van der Waals surface area contributed by atoms with E-state index in [9.17, 15) is 22.8 Å². The van der Waals surface area contributed by atoms with Crippen LogP contribution in [0.1, 0.15) is 18.4 Å². The van der Waals surface area contributed by atoms with Gasteiger partial charge in [0.05, 0.1) is 17.8 Å². The van der Waals surface area contributed by atoms with Crippen molar-refractivity contribution in [3.05, 3.63) is 28.8 Å². The van der Waals surface area contributed by atoms with E-state index in [0.29, 0.717) is 19.4 Å².